The van der Waals surface area contributed by atoms with Gasteiger partial charge >= 0.3 is 0 Å². The van der Waals surface area contributed by atoms with Crippen molar-refractivity contribution in [2.24, 2.45) is 0 Å². The highest BCUT2D eigenvalue weighted by molar-refractivity contribution is 14.1. The van der Waals surface area contributed by atoms with Crippen LogP contribution in [0.5, 0.6) is 5.75 Å². The number of hydrogen-bond donors (Lipinski definition) is 2. The van der Waals surface area contributed by atoms with Crippen LogP contribution in [0.25, 0.3) is 0 Å². The van der Waals surface area contributed by atoms with E-state index in [0.29, 0.717) is 24.1 Å². The van der Waals surface area contributed by atoms with Crippen molar-refractivity contribution in [3.05, 3.63) is 27.3 Å². The van der Waals surface area contributed by atoms with Gasteiger partial charge in [0.25, 0.3) is 5.91 Å². The normalized spacial score (nSPS) is 18.0. The summed E-state index contributed by atoms with van der Waals surface area (Å²) >= 11 is 5.50. The molecule has 1 aliphatic rings. The standard InChI is InChI=1S/C13H15BrINO3/c14-8-13(3-5-19-6-4-13)16-12(18)9-1-2-10(15)11(17)7-9/h1-2,7,17H,3-6,8H2,(H,16,18). The molecule has 0 radical (unpaired) electrons. The van der Waals surface area contributed by atoms with Gasteiger partial charge in [-0.2, -0.15) is 0 Å². The van der Waals surface area contributed by atoms with Gasteiger partial charge in [-0.15, -0.1) is 0 Å². The molecule has 1 aliphatic heterocycles. The summed E-state index contributed by atoms with van der Waals surface area (Å²) in [6.07, 6.45) is 1.58. The van der Waals surface area contributed by atoms with Crippen molar-refractivity contribution in [3.63, 3.8) is 0 Å². The number of rotatable bonds is 3. The van der Waals surface area contributed by atoms with Crippen molar-refractivity contribution in [3.8, 4) is 5.75 Å². The van der Waals surface area contributed by atoms with Gasteiger partial charge in [-0.25, -0.2) is 0 Å². The number of phenols is 1. The Balaban J connectivity index is 2.12. The minimum absolute atomic E-state index is 0.133. The van der Waals surface area contributed by atoms with E-state index in [1.165, 1.54) is 6.07 Å². The van der Waals surface area contributed by atoms with Gasteiger partial charge < -0.3 is 15.2 Å². The summed E-state index contributed by atoms with van der Waals surface area (Å²) < 4.78 is 6.07. The number of halogens is 2. The minimum atomic E-state index is -0.256. The van der Waals surface area contributed by atoms with E-state index in [2.05, 4.69) is 21.2 Å². The quantitative estimate of drug-likeness (QED) is 0.562. The maximum Gasteiger partial charge on any atom is 0.251 e. The molecule has 1 amide bonds. The van der Waals surface area contributed by atoms with Crippen LogP contribution in [-0.2, 0) is 4.74 Å². The number of benzene rings is 1. The number of phenolic OH excluding ortho intramolecular Hbond substituents is 1. The molecule has 1 aromatic rings. The number of alkyl halides is 1. The van der Waals surface area contributed by atoms with Crippen LogP contribution in [0.15, 0.2) is 18.2 Å². The second kappa shape index (κ2) is 6.41. The molecule has 0 atom stereocenters. The fourth-order valence-electron chi connectivity index (χ4n) is 2.02. The molecule has 0 saturated carbocycles. The predicted molar refractivity (Wildman–Crippen MR) is 84.9 cm³/mol. The highest BCUT2D eigenvalue weighted by Gasteiger charge is 2.33. The van der Waals surface area contributed by atoms with Gasteiger partial charge in [0.1, 0.15) is 5.75 Å². The third kappa shape index (κ3) is 3.61. The summed E-state index contributed by atoms with van der Waals surface area (Å²) in [6, 6.07) is 4.95. The zero-order chi connectivity index (χ0) is 13.9. The van der Waals surface area contributed by atoms with Crippen LogP contribution in [0.2, 0.25) is 0 Å². The Kier molecular flexibility index (Phi) is 5.08. The van der Waals surface area contributed by atoms with E-state index in [4.69, 9.17) is 4.74 Å². The van der Waals surface area contributed by atoms with E-state index >= 15 is 0 Å². The summed E-state index contributed by atoms with van der Waals surface area (Å²) in [5, 5.41) is 13.4. The lowest BCUT2D eigenvalue weighted by Crippen LogP contribution is -2.53. The molecule has 0 spiro atoms. The highest BCUT2D eigenvalue weighted by atomic mass is 127. The smallest absolute Gasteiger partial charge is 0.251 e. The van der Waals surface area contributed by atoms with E-state index in [1.54, 1.807) is 12.1 Å². The Morgan fingerprint density at radius 3 is 2.74 bits per heavy atom. The molecular weight excluding hydrogens is 425 g/mol. The first-order valence-corrected chi connectivity index (χ1v) is 8.21. The summed E-state index contributed by atoms with van der Waals surface area (Å²) in [5.74, 6) is -0.0267. The first-order valence-electron chi connectivity index (χ1n) is 6.01. The van der Waals surface area contributed by atoms with Crippen LogP contribution in [0.3, 0.4) is 0 Å². The van der Waals surface area contributed by atoms with E-state index in [0.717, 1.165) is 16.4 Å². The maximum absolute atomic E-state index is 12.3. The molecule has 6 heteroatoms. The van der Waals surface area contributed by atoms with Crippen molar-refractivity contribution in [1.29, 1.82) is 0 Å². The molecule has 2 rings (SSSR count). The number of nitrogens with one attached hydrogen (secondary N) is 1. The SMILES string of the molecule is O=C(NC1(CBr)CCOCC1)c1ccc(I)c(O)c1. The number of hydrogen-bond acceptors (Lipinski definition) is 3. The molecule has 1 saturated heterocycles. The van der Waals surface area contributed by atoms with Crippen LogP contribution in [0.1, 0.15) is 23.2 Å². The van der Waals surface area contributed by atoms with Gasteiger partial charge in [0, 0.05) is 24.1 Å². The maximum atomic E-state index is 12.3. The third-order valence-corrected chi connectivity index (χ3v) is 5.28. The van der Waals surface area contributed by atoms with Crippen LogP contribution in [0.4, 0.5) is 0 Å². The lowest BCUT2D eigenvalue weighted by Gasteiger charge is -2.36. The topological polar surface area (TPSA) is 58.6 Å². The lowest BCUT2D eigenvalue weighted by molar-refractivity contribution is 0.0441. The highest BCUT2D eigenvalue weighted by Crippen LogP contribution is 2.25. The molecule has 1 fully saturated rings. The zero-order valence-corrected chi connectivity index (χ0v) is 14.0. The Morgan fingerprint density at radius 2 is 2.16 bits per heavy atom. The molecule has 0 bridgehead atoms. The summed E-state index contributed by atoms with van der Waals surface area (Å²) in [7, 11) is 0. The minimum Gasteiger partial charge on any atom is -0.507 e. The molecule has 0 unspecified atom stereocenters. The fraction of sp³-hybridized carbons (Fsp3) is 0.462. The number of aromatic hydroxyl groups is 1. The van der Waals surface area contributed by atoms with Gasteiger partial charge in [0.05, 0.1) is 9.11 Å². The van der Waals surface area contributed by atoms with E-state index in [-0.39, 0.29) is 17.2 Å². The largest absolute Gasteiger partial charge is 0.507 e. The third-order valence-electron chi connectivity index (χ3n) is 3.29. The first-order chi connectivity index (χ1) is 9.06. The van der Waals surface area contributed by atoms with E-state index < -0.39 is 0 Å². The van der Waals surface area contributed by atoms with E-state index in [9.17, 15) is 9.90 Å². The van der Waals surface area contributed by atoms with Crippen molar-refractivity contribution in [2.75, 3.05) is 18.5 Å². The van der Waals surface area contributed by atoms with Crippen LogP contribution >= 0.6 is 38.5 Å². The lowest BCUT2D eigenvalue weighted by atomic mass is 9.92. The molecule has 19 heavy (non-hydrogen) atoms. The molecule has 0 aliphatic carbocycles. The Morgan fingerprint density at radius 1 is 1.47 bits per heavy atom. The summed E-state index contributed by atoms with van der Waals surface area (Å²) in [6.45, 7) is 1.31. The van der Waals surface area contributed by atoms with Crippen molar-refractivity contribution in [2.45, 2.75) is 18.4 Å². The van der Waals surface area contributed by atoms with Gasteiger partial charge in [-0.3, -0.25) is 4.79 Å². The molecular formula is C13H15BrINO3. The van der Waals surface area contributed by atoms with Gasteiger partial charge in [-0.05, 0) is 53.6 Å². The average Bonchev–Trinajstić information content (AvgIpc) is 2.43. The van der Waals surface area contributed by atoms with Gasteiger partial charge in [-0.1, -0.05) is 15.9 Å². The molecule has 1 aromatic carbocycles. The van der Waals surface area contributed by atoms with Crippen LogP contribution < -0.4 is 5.32 Å². The van der Waals surface area contributed by atoms with Gasteiger partial charge in [0.15, 0.2) is 0 Å². The second-order valence-electron chi connectivity index (χ2n) is 4.65. The van der Waals surface area contributed by atoms with E-state index in [1.807, 2.05) is 22.6 Å². The molecule has 104 valence electrons. The summed E-state index contributed by atoms with van der Waals surface area (Å²) in [5.41, 5.74) is 0.221. The number of carbonyl (C=O) groups is 1. The van der Waals surface area contributed by atoms with Crippen molar-refractivity contribution >= 4 is 44.4 Å². The van der Waals surface area contributed by atoms with Crippen LogP contribution in [0, 0.1) is 3.57 Å². The molecule has 1 heterocycles. The Labute approximate surface area is 134 Å². The first kappa shape index (κ1) is 15.1. The molecule has 0 aromatic heterocycles. The Hall–Kier alpha value is -0.340. The zero-order valence-electron chi connectivity index (χ0n) is 10.3. The van der Waals surface area contributed by atoms with Gasteiger partial charge in [0.2, 0.25) is 0 Å². The van der Waals surface area contributed by atoms with Crippen LogP contribution in [-0.4, -0.2) is 35.1 Å². The van der Waals surface area contributed by atoms with Crippen molar-refractivity contribution < 1.29 is 14.6 Å². The number of ether oxygens (including phenoxy) is 1. The monoisotopic (exact) mass is 439 g/mol. The molecule has 4 nitrogen and oxygen atoms in total. The van der Waals surface area contributed by atoms with Crippen molar-refractivity contribution in [1.82, 2.24) is 5.32 Å². The predicted octanol–water partition coefficient (Wildman–Crippen LogP) is 2.67. The fourth-order valence-corrected chi connectivity index (χ4v) is 3.06. The average molecular weight is 440 g/mol. The number of carbonyl (C=O) groups excluding carboxylic acids is 1. The summed E-state index contributed by atoms with van der Waals surface area (Å²) in [4.78, 5) is 12.3. The Bertz CT molecular complexity index is 475. The number of amides is 1. The molecule has 2 N–H and O–H groups in total. The second-order valence-corrected chi connectivity index (χ2v) is 6.37.